The van der Waals surface area contributed by atoms with Crippen LogP contribution in [0.1, 0.15) is 33.7 Å². The summed E-state index contributed by atoms with van der Waals surface area (Å²) in [5.41, 5.74) is 3.27. The average molecular weight is 710 g/mol. The van der Waals surface area contributed by atoms with Crippen molar-refractivity contribution in [3.8, 4) is 0 Å². The van der Waals surface area contributed by atoms with Crippen LogP contribution in [0, 0.1) is 0 Å². The summed E-state index contributed by atoms with van der Waals surface area (Å²) in [5.74, 6) is -1.46. The molecule has 0 heterocycles. The molecular weight excluding hydrogens is 679 g/mol. The van der Waals surface area contributed by atoms with Crippen LogP contribution in [0.3, 0.4) is 0 Å². The van der Waals surface area contributed by atoms with E-state index in [0.717, 1.165) is 10.5 Å². The molecule has 0 aromatic heterocycles. The number of halogens is 2. The van der Waals surface area contributed by atoms with E-state index in [0.29, 0.717) is 33.2 Å². The van der Waals surface area contributed by atoms with Gasteiger partial charge in [0.05, 0.1) is 10.0 Å². The fraction of sp³-hybridized carbons (Fsp3) is 0.0526. The van der Waals surface area contributed by atoms with Crippen molar-refractivity contribution in [2.24, 2.45) is 0 Å². The summed E-state index contributed by atoms with van der Waals surface area (Å²) < 4.78 is 0. The number of carbonyl (C=O) groups excluding carboxylic acids is 4. The van der Waals surface area contributed by atoms with Crippen LogP contribution < -0.4 is 21.3 Å². The number of amides is 4. The second-order valence-corrected chi connectivity index (χ2v) is 12.6. The van der Waals surface area contributed by atoms with E-state index in [1.807, 2.05) is 30.3 Å². The van der Waals surface area contributed by atoms with Crippen molar-refractivity contribution in [2.45, 2.75) is 17.1 Å². The summed E-state index contributed by atoms with van der Waals surface area (Å²) in [4.78, 5) is 52.2. The molecule has 0 bridgehead atoms. The number of benzene rings is 5. The van der Waals surface area contributed by atoms with E-state index in [-0.39, 0.29) is 22.5 Å². The van der Waals surface area contributed by atoms with Gasteiger partial charge in [0.1, 0.15) is 10.9 Å². The van der Waals surface area contributed by atoms with Gasteiger partial charge in [0.15, 0.2) is 0 Å². The summed E-state index contributed by atoms with van der Waals surface area (Å²) in [5, 5.41) is 11.1. The maximum atomic E-state index is 13.5. The van der Waals surface area contributed by atoms with Crippen LogP contribution in [0.2, 0.25) is 10.0 Å². The molecule has 246 valence electrons. The van der Waals surface area contributed by atoms with Crippen molar-refractivity contribution in [2.75, 3.05) is 16.0 Å². The normalized spacial score (nSPS) is 11.6. The van der Waals surface area contributed by atoms with Crippen LogP contribution in [-0.4, -0.2) is 23.6 Å². The molecule has 8 nitrogen and oxygen atoms in total. The molecule has 5 rings (SSSR count). The largest absolute Gasteiger partial charge is 0.326 e. The Balaban J connectivity index is 1.32. The highest BCUT2D eigenvalue weighted by Crippen LogP contribution is 2.37. The quantitative estimate of drug-likeness (QED) is 0.0808. The number of anilines is 3. The number of hydrogen-bond donors (Lipinski definition) is 4. The van der Waals surface area contributed by atoms with Crippen LogP contribution in [0.4, 0.5) is 17.1 Å². The van der Waals surface area contributed by atoms with E-state index in [4.69, 9.17) is 23.2 Å². The number of hydrogen-bond acceptors (Lipinski definition) is 5. The summed E-state index contributed by atoms with van der Waals surface area (Å²) in [6.07, 6.45) is 1.46. The van der Waals surface area contributed by atoms with Crippen molar-refractivity contribution in [3.63, 3.8) is 0 Å². The van der Waals surface area contributed by atoms with E-state index in [1.165, 1.54) is 24.8 Å². The highest BCUT2D eigenvalue weighted by Gasteiger charge is 2.23. The Morgan fingerprint density at radius 3 is 1.86 bits per heavy atom. The van der Waals surface area contributed by atoms with E-state index in [2.05, 4.69) is 21.3 Å². The molecule has 4 N–H and O–H groups in total. The lowest BCUT2D eigenvalue weighted by Gasteiger charge is -2.18. The molecule has 0 aliphatic heterocycles. The van der Waals surface area contributed by atoms with Crippen LogP contribution in [0.5, 0.6) is 0 Å². The molecule has 5 aromatic carbocycles. The molecule has 1 atom stereocenters. The van der Waals surface area contributed by atoms with Crippen molar-refractivity contribution in [3.05, 3.63) is 160 Å². The van der Waals surface area contributed by atoms with E-state index < -0.39 is 17.1 Å². The third-order valence-corrected chi connectivity index (χ3v) is 9.09. The molecule has 0 radical (unpaired) electrons. The topological polar surface area (TPSA) is 116 Å². The van der Waals surface area contributed by atoms with Gasteiger partial charge in [-0.15, -0.1) is 11.8 Å². The van der Waals surface area contributed by atoms with Gasteiger partial charge in [0.25, 0.3) is 11.8 Å². The van der Waals surface area contributed by atoms with Crippen molar-refractivity contribution in [1.29, 1.82) is 0 Å². The van der Waals surface area contributed by atoms with Gasteiger partial charge >= 0.3 is 0 Å². The number of rotatable bonds is 11. The van der Waals surface area contributed by atoms with Gasteiger partial charge in [-0.05, 0) is 83.9 Å². The molecule has 1 unspecified atom stereocenters. The summed E-state index contributed by atoms with van der Waals surface area (Å²) >= 11 is 13.9. The van der Waals surface area contributed by atoms with Crippen molar-refractivity contribution in [1.82, 2.24) is 5.32 Å². The Labute approximate surface area is 297 Å². The first-order chi connectivity index (χ1) is 23.7. The second kappa shape index (κ2) is 16.7. The Bertz CT molecular complexity index is 1990. The predicted octanol–water partition coefficient (Wildman–Crippen LogP) is 8.83. The molecule has 4 amide bonds. The van der Waals surface area contributed by atoms with Gasteiger partial charge in [-0.3, -0.25) is 19.2 Å². The highest BCUT2D eigenvalue weighted by molar-refractivity contribution is 8.00. The Kier molecular flexibility index (Phi) is 11.9. The minimum atomic E-state index is -0.596. The SMILES string of the molecule is CC(=O)Nc1ccc(NC(=O)C(Sc2ccc(NC(=O)/C(=C/c3cccc(Cl)c3Cl)NC(=O)c3ccccc3)cc2)c2ccccc2)cc1. The van der Waals surface area contributed by atoms with Crippen LogP contribution >= 0.6 is 35.0 Å². The molecule has 0 saturated carbocycles. The smallest absolute Gasteiger partial charge is 0.272 e. The first-order valence-electron chi connectivity index (χ1n) is 15.0. The molecule has 0 aliphatic rings. The number of thioether (sulfide) groups is 1. The molecule has 11 heteroatoms. The molecule has 5 aromatic rings. The molecule has 0 spiro atoms. The van der Waals surface area contributed by atoms with Gasteiger partial charge in [-0.1, -0.05) is 83.9 Å². The summed E-state index contributed by atoms with van der Waals surface area (Å²) in [6, 6.07) is 36.8. The van der Waals surface area contributed by atoms with Crippen molar-refractivity contribution >= 4 is 81.7 Å². The highest BCUT2D eigenvalue weighted by atomic mass is 35.5. The van der Waals surface area contributed by atoms with Gasteiger partial charge in [-0.2, -0.15) is 0 Å². The zero-order valence-electron chi connectivity index (χ0n) is 26.1. The van der Waals surface area contributed by atoms with Gasteiger partial charge in [-0.25, -0.2) is 0 Å². The first kappa shape index (κ1) is 35.0. The summed E-state index contributed by atoms with van der Waals surface area (Å²) in [6.45, 7) is 1.43. The van der Waals surface area contributed by atoms with Gasteiger partial charge < -0.3 is 21.3 Å². The Hall–Kier alpha value is -5.35. The fourth-order valence-electron chi connectivity index (χ4n) is 4.63. The maximum absolute atomic E-state index is 13.5. The average Bonchev–Trinajstić information content (AvgIpc) is 3.10. The molecule has 0 fully saturated rings. The monoisotopic (exact) mass is 708 g/mol. The molecule has 0 saturated heterocycles. The minimum absolute atomic E-state index is 0.0395. The molecule has 0 aliphatic carbocycles. The number of carbonyl (C=O) groups is 4. The Morgan fingerprint density at radius 2 is 1.22 bits per heavy atom. The first-order valence-corrected chi connectivity index (χ1v) is 16.6. The predicted molar refractivity (Wildman–Crippen MR) is 198 cm³/mol. The van der Waals surface area contributed by atoms with Gasteiger partial charge in [0, 0.05) is 34.4 Å². The van der Waals surface area contributed by atoms with E-state index >= 15 is 0 Å². The standard InChI is InChI=1S/C38H30Cl2N4O4S/c1-24(45)41-28-15-17-29(18-16-28)43-38(48)35(25-9-4-2-5-10-25)49-31-21-19-30(20-22-31)42-37(47)33(23-27-13-8-14-32(39)34(27)40)44-36(46)26-11-6-3-7-12-26/h2-23,35H,1H3,(H,41,45)(H,42,47)(H,43,48)(H,44,46)/b33-23-. The maximum Gasteiger partial charge on any atom is 0.272 e. The Morgan fingerprint density at radius 1 is 0.653 bits per heavy atom. The van der Waals surface area contributed by atoms with E-state index in [1.54, 1.807) is 97.1 Å². The second-order valence-electron chi connectivity index (χ2n) is 10.7. The van der Waals surface area contributed by atoms with Crippen LogP contribution in [-0.2, 0) is 14.4 Å². The van der Waals surface area contributed by atoms with Crippen molar-refractivity contribution < 1.29 is 19.2 Å². The lowest BCUT2D eigenvalue weighted by atomic mass is 10.1. The minimum Gasteiger partial charge on any atom is -0.326 e. The summed E-state index contributed by atoms with van der Waals surface area (Å²) in [7, 11) is 0. The molecular formula is C38H30Cl2N4O4S. The zero-order valence-corrected chi connectivity index (χ0v) is 28.4. The van der Waals surface area contributed by atoms with Gasteiger partial charge in [0.2, 0.25) is 11.8 Å². The number of nitrogens with one attached hydrogen (secondary N) is 4. The van der Waals surface area contributed by atoms with Crippen LogP contribution in [0.25, 0.3) is 6.08 Å². The zero-order chi connectivity index (χ0) is 34.8. The van der Waals surface area contributed by atoms with Crippen LogP contribution in [0.15, 0.2) is 138 Å². The van der Waals surface area contributed by atoms with E-state index in [9.17, 15) is 19.2 Å². The third-order valence-electron chi connectivity index (χ3n) is 6.99. The fourth-order valence-corrected chi connectivity index (χ4v) is 6.02. The molecule has 49 heavy (non-hydrogen) atoms. The third kappa shape index (κ3) is 9.84. The lowest BCUT2D eigenvalue weighted by molar-refractivity contribution is -0.116. The lowest BCUT2D eigenvalue weighted by Crippen LogP contribution is -2.30.